The second-order valence-electron chi connectivity index (χ2n) is 6.44. The highest BCUT2D eigenvalue weighted by Crippen LogP contribution is 2.28. The number of aromatic amines is 1. The number of rotatable bonds is 6. The number of hydrogen-bond acceptors (Lipinski definition) is 6. The third-order valence-corrected chi connectivity index (χ3v) is 4.49. The van der Waals surface area contributed by atoms with E-state index in [9.17, 15) is 4.79 Å². The summed E-state index contributed by atoms with van der Waals surface area (Å²) in [6.07, 6.45) is 3.43. The van der Waals surface area contributed by atoms with Crippen LogP contribution in [0.3, 0.4) is 0 Å². The van der Waals surface area contributed by atoms with Crippen molar-refractivity contribution in [3.8, 4) is 11.3 Å². The second kappa shape index (κ2) is 7.53. The van der Waals surface area contributed by atoms with Gasteiger partial charge in [0.25, 0.3) is 6.01 Å². The van der Waals surface area contributed by atoms with Gasteiger partial charge in [-0.3, -0.25) is 9.89 Å². The van der Waals surface area contributed by atoms with E-state index in [2.05, 4.69) is 20.5 Å². The summed E-state index contributed by atoms with van der Waals surface area (Å²) in [5, 5.41) is 11.1. The van der Waals surface area contributed by atoms with Gasteiger partial charge in [-0.25, -0.2) is 4.98 Å². The summed E-state index contributed by atoms with van der Waals surface area (Å²) in [5.74, 6) is 0.500. The molecule has 0 unspecified atom stereocenters. The van der Waals surface area contributed by atoms with Crippen LogP contribution in [0.25, 0.3) is 22.2 Å². The van der Waals surface area contributed by atoms with E-state index in [1.807, 2.05) is 42.5 Å². The number of nitrogens with zero attached hydrogens (tertiary/aromatic N) is 3. The molecule has 4 rings (SSSR count). The number of aromatic nitrogens is 3. The lowest BCUT2D eigenvalue weighted by Crippen LogP contribution is -2.32. The Morgan fingerprint density at radius 3 is 2.96 bits per heavy atom. The van der Waals surface area contributed by atoms with Crippen LogP contribution in [0.1, 0.15) is 5.56 Å². The molecule has 0 spiro atoms. The number of amides is 1. The third-order valence-electron chi connectivity index (χ3n) is 4.49. The number of oxazole rings is 1. The zero-order valence-corrected chi connectivity index (χ0v) is 15.3. The van der Waals surface area contributed by atoms with Crippen molar-refractivity contribution in [2.45, 2.75) is 6.54 Å². The van der Waals surface area contributed by atoms with Crippen molar-refractivity contribution >= 4 is 28.5 Å². The molecule has 0 saturated carbocycles. The lowest BCUT2D eigenvalue weighted by atomic mass is 10.1. The number of anilines is 2. The molecule has 0 saturated heterocycles. The summed E-state index contributed by atoms with van der Waals surface area (Å²) in [4.78, 5) is 17.7. The van der Waals surface area contributed by atoms with E-state index in [0.717, 1.165) is 27.7 Å². The van der Waals surface area contributed by atoms with Gasteiger partial charge in [-0.1, -0.05) is 24.3 Å². The topological polar surface area (TPSA) is 113 Å². The van der Waals surface area contributed by atoms with Crippen LogP contribution in [0.5, 0.6) is 0 Å². The SMILES string of the molecule is CN(Cc1ccccc1-c1cnc(Nc2ccc3[nH]ncc3c2)o1)C(=O)CN. The van der Waals surface area contributed by atoms with Crippen LogP contribution >= 0.6 is 0 Å². The molecule has 28 heavy (non-hydrogen) atoms. The Morgan fingerprint density at radius 1 is 1.25 bits per heavy atom. The summed E-state index contributed by atoms with van der Waals surface area (Å²) in [7, 11) is 1.73. The summed E-state index contributed by atoms with van der Waals surface area (Å²) in [6, 6.07) is 14.0. The Hall–Kier alpha value is -3.65. The van der Waals surface area contributed by atoms with Crippen LogP contribution in [0.4, 0.5) is 11.7 Å². The molecule has 4 aromatic rings. The number of carbonyl (C=O) groups excluding carboxylic acids is 1. The number of hydrogen-bond donors (Lipinski definition) is 3. The van der Waals surface area contributed by atoms with Gasteiger partial charge in [0.05, 0.1) is 24.5 Å². The number of nitrogens with one attached hydrogen (secondary N) is 2. The minimum atomic E-state index is -0.121. The van der Waals surface area contributed by atoms with E-state index in [1.165, 1.54) is 0 Å². The second-order valence-corrected chi connectivity index (χ2v) is 6.44. The van der Waals surface area contributed by atoms with E-state index >= 15 is 0 Å². The molecular formula is C20H20N6O2. The minimum Gasteiger partial charge on any atom is -0.423 e. The van der Waals surface area contributed by atoms with Crippen LogP contribution in [0, 0.1) is 0 Å². The van der Waals surface area contributed by atoms with Crippen LogP contribution in [0.2, 0.25) is 0 Å². The van der Waals surface area contributed by atoms with Gasteiger partial charge < -0.3 is 20.4 Å². The van der Waals surface area contributed by atoms with E-state index in [-0.39, 0.29) is 12.5 Å². The van der Waals surface area contributed by atoms with Crippen molar-refractivity contribution in [1.82, 2.24) is 20.1 Å². The highest BCUT2D eigenvalue weighted by atomic mass is 16.4. The predicted octanol–water partition coefficient (Wildman–Crippen LogP) is 2.88. The standard InChI is InChI=1S/C20H20N6O2/c1-26(19(27)9-21)12-13-4-2-3-5-16(13)18-11-22-20(28-18)24-15-6-7-17-14(8-15)10-23-25-17/h2-8,10-11H,9,12,21H2,1H3,(H,22,24)(H,23,25). The first-order chi connectivity index (χ1) is 13.6. The fourth-order valence-electron chi connectivity index (χ4n) is 3.00. The van der Waals surface area contributed by atoms with E-state index in [0.29, 0.717) is 18.3 Å². The fourth-order valence-corrected chi connectivity index (χ4v) is 3.00. The number of H-pyrrole nitrogens is 1. The first kappa shape index (κ1) is 17.7. The van der Waals surface area contributed by atoms with Crippen LogP contribution < -0.4 is 11.1 Å². The van der Waals surface area contributed by atoms with Crippen molar-refractivity contribution in [2.75, 3.05) is 18.9 Å². The van der Waals surface area contributed by atoms with Crippen molar-refractivity contribution in [3.63, 3.8) is 0 Å². The predicted molar refractivity (Wildman–Crippen MR) is 107 cm³/mol. The van der Waals surface area contributed by atoms with Gasteiger partial charge in [-0.2, -0.15) is 5.10 Å². The number of benzene rings is 2. The molecule has 1 amide bonds. The first-order valence-electron chi connectivity index (χ1n) is 8.82. The zero-order chi connectivity index (χ0) is 19.5. The van der Waals surface area contributed by atoms with E-state index in [1.54, 1.807) is 24.3 Å². The summed E-state index contributed by atoms with van der Waals surface area (Å²) >= 11 is 0. The molecule has 2 aromatic carbocycles. The molecule has 8 nitrogen and oxygen atoms in total. The quantitative estimate of drug-likeness (QED) is 0.477. The minimum absolute atomic E-state index is 0.0178. The van der Waals surface area contributed by atoms with Crippen LogP contribution in [0.15, 0.2) is 59.3 Å². The molecule has 0 aliphatic heterocycles. The lowest BCUT2D eigenvalue weighted by Gasteiger charge is -2.17. The fraction of sp³-hybridized carbons (Fsp3) is 0.150. The molecule has 0 radical (unpaired) electrons. The number of likely N-dealkylation sites (N-methyl/N-ethyl adjacent to an activating group) is 1. The smallest absolute Gasteiger partial charge is 0.299 e. The van der Waals surface area contributed by atoms with Gasteiger partial charge in [-0.05, 0) is 23.8 Å². The number of fused-ring (bicyclic) bond motifs is 1. The maximum Gasteiger partial charge on any atom is 0.299 e. The van der Waals surface area contributed by atoms with Gasteiger partial charge in [0, 0.05) is 30.2 Å². The van der Waals surface area contributed by atoms with Crippen molar-refractivity contribution in [3.05, 3.63) is 60.4 Å². The first-order valence-corrected chi connectivity index (χ1v) is 8.82. The molecule has 0 fully saturated rings. The highest BCUT2D eigenvalue weighted by Gasteiger charge is 2.14. The maximum absolute atomic E-state index is 11.8. The molecule has 0 aliphatic carbocycles. The molecule has 2 heterocycles. The van der Waals surface area contributed by atoms with Gasteiger partial charge in [-0.15, -0.1) is 0 Å². The monoisotopic (exact) mass is 376 g/mol. The largest absolute Gasteiger partial charge is 0.423 e. The summed E-state index contributed by atoms with van der Waals surface area (Å²) in [6.45, 7) is 0.420. The molecule has 0 atom stereocenters. The summed E-state index contributed by atoms with van der Waals surface area (Å²) < 4.78 is 5.90. The van der Waals surface area contributed by atoms with Crippen LogP contribution in [-0.2, 0) is 11.3 Å². The van der Waals surface area contributed by atoms with Crippen molar-refractivity contribution in [2.24, 2.45) is 5.73 Å². The molecule has 8 heteroatoms. The Morgan fingerprint density at radius 2 is 2.11 bits per heavy atom. The van der Waals surface area contributed by atoms with E-state index < -0.39 is 0 Å². The number of nitrogens with two attached hydrogens (primary N) is 1. The zero-order valence-electron chi connectivity index (χ0n) is 15.3. The molecule has 142 valence electrons. The molecule has 0 aliphatic rings. The van der Waals surface area contributed by atoms with Gasteiger partial charge in [0.1, 0.15) is 0 Å². The van der Waals surface area contributed by atoms with Crippen molar-refractivity contribution in [1.29, 1.82) is 0 Å². The Kier molecular flexibility index (Phi) is 4.77. The Labute approximate surface area is 161 Å². The Bertz CT molecular complexity index is 1120. The van der Waals surface area contributed by atoms with E-state index in [4.69, 9.17) is 10.2 Å². The Balaban J connectivity index is 1.56. The molecule has 2 aromatic heterocycles. The van der Waals surface area contributed by atoms with Crippen molar-refractivity contribution < 1.29 is 9.21 Å². The highest BCUT2D eigenvalue weighted by molar-refractivity contribution is 5.82. The van der Waals surface area contributed by atoms with Gasteiger partial charge in [0.15, 0.2) is 5.76 Å². The summed E-state index contributed by atoms with van der Waals surface area (Å²) in [5.41, 5.74) is 9.09. The third kappa shape index (κ3) is 3.58. The molecular weight excluding hydrogens is 356 g/mol. The maximum atomic E-state index is 11.8. The average molecular weight is 376 g/mol. The molecule has 4 N–H and O–H groups in total. The normalized spacial score (nSPS) is 10.9. The van der Waals surface area contributed by atoms with Gasteiger partial charge in [0.2, 0.25) is 5.91 Å². The number of carbonyl (C=O) groups is 1. The molecule has 0 bridgehead atoms. The van der Waals surface area contributed by atoms with Crippen LogP contribution in [-0.4, -0.2) is 39.6 Å². The van der Waals surface area contributed by atoms with Gasteiger partial charge >= 0.3 is 0 Å². The lowest BCUT2D eigenvalue weighted by molar-refractivity contribution is -0.128. The average Bonchev–Trinajstić information content (AvgIpc) is 3.36.